The maximum Gasteiger partial charge on any atom is 0.252 e. The third-order valence-electron chi connectivity index (χ3n) is 2.84. The number of rotatable bonds is 3. The number of benzene rings is 1. The lowest BCUT2D eigenvalue weighted by Crippen LogP contribution is -2.51. The highest BCUT2D eigenvalue weighted by Crippen LogP contribution is 2.38. The number of amides is 1. The van der Waals surface area contributed by atoms with E-state index in [1.807, 2.05) is 13.8 Å². The van der Waals surface area contributed by atoms with Gasteiger partial charge in [-0.05, 0) is 11.6 Å². The predicted molar refractivity (Wildman–Crippen MR) is 80.6 cm³/mol. The second kappa shape index (κ2) is 7.36. The van der Waals surface area contributed by atoms with Gasteiger partial charge in [0.25, 0.3) is 5.92 Å². The van der Waals surface area contributed by atoms with E-state index in [4.69, 9.17) is 11.6 Å². The highest BCUT2D eigenvalue weighted by molar-refractivity contribution is 9.09. The summed E-state index contributed by atoms with van der Waals surface area (Å²) in [4.78, 5) is 11.2. The minimum atomic E-state index is -2.63. The van der Waals surface area contributed by atoms with Crippen LogP contribution in [0, 0.1) is 0 Å². The van der Waals surface area contributed by atoms with Crippen LogP contribution in [0.3, 0.4) is 0 Å². The van der Waals surface area contributed by atoms with Crippen molar-refractivity contribution in [3.05, 3.63) is 34.9 Å². The Morgan fingerprint density at radius 2 is 1.95 bits per heavy atom. The second-order valence-corrected chi connectivity index (χ2v) is 5.68. The van der Waals surface area contributed by atoms with Crippen molar-refractivity contribution in [1.29, 1.82) is 0 Å². The van der Waals surface area contributed by atoms with Crippen LogP contribution in [0.4, 0.5) is 8.78 Å². The third-order valence-corrected chi connectivity index (χ3v) is 4.10. The molecular weight excluding hydrogens is 352 g/mol. The SMILES string of the molecule is CC.O=C(NC1CC(F)(F)C1)C(Br)c1ccccc1Cl. The number of carbonyl (C=O) groups is 1. The number of alkyl halides is 3. The molecule has 20 heavy (non-hydrogen) atoms. The van der Waals surface area contributed by atoms with Crippen LogP contribution >= 0.6 is 27.5 Å². The Labute approximate surface area is 131 Å². The first kappa shape index (κ1) is 17.4. The summed E-state index contributed by atoms with van der Waals surface area (Å²) in [6, 6.07) is 6.47. The molecule has 2 nitrogen and oxygen atoms in total. The number of halogens is 4. The van der Waals surface area contributed by atoms with Gasteiger partial charge in [-0.3, -0.25) is 4.79 Å². The van der Waals surface area contributed by atoms with E-state index in [0.717, 1.165) is 0 Å². The van der Waals surface area contributed by atoms with E-state index >= 15 is 0 Å². The molecule has 2 rings (SSSR count). The highest BCUT2D eigenvalue weighted by atomic mass is 79.9. The van der Waals surface area contributed by atoms with Gasteiger partial charge in [0.15, 0.2) is 0 Å². The average Bonchev–Trinajstić information content (AvgIpc) is 2.38. The van der Waals surface area contributed by atoms with Crippen LogP contribution < -0.4 is 5.32 Å². The normalized spacial score (nSPS) is 18.3. The Bertz CT molecular complexity index is 462. The van der Waals surface area contributed by atoms with Gasteiger partial charge in [-0.2, -0.15) is 0 Å². The molecule has 1 aromatic rings. The molecule has 0 radical (unpaired) electrons. The van der Waals surface area contributed by atoms with E-state index in [1.165, 1.54) is 0 Å². The lowest BCUT2D eigenvalue weighted by Gasteiger charge is -2.35. The summed E-state index contributed by atoms with van der Waals surface area (Å²) >= 11 is 9.19. The second-order valence-electron chi connectivity index (χ2n) is 4.35. The van der Waals surface area contributed by atoms with E-state index in [2.05, 4.69) is 21.2 Å². The zero-order valence-electron chi connectivity index (χ0n) is 11.3. The lowest BCUT2D eigenvalue weighted by atomic mass is 9.88. The zero-order valence-corrected chi connectivity index (χ0v) is 13.6. The smallest absolute Gasteiger partial charge is 0.252 e. The molecular formula is C14H17BrClF2NO. The molecule has 1 fully saturated rings. The first-order valence-corrected chi connectivity index (χ1v) is 7.75. The average molecular weight is 369 g/mol. The number of carbonyl (C=O) groups excluding carboxylic acids is 1. The van der Waals surface area contributed by atoms with Crippen molar-refractivity contribution >= 4 is 33.4 Å². The van der Waals surface area contributed by atoms with Crippen molar-refractivity contribution in [1.82, 2.24) is 5.32 Å². The summed E-state index contributed by atoms with van der Waals surface area (Å²) in [5, 5.41) is 3.04. The van der Waals surface area contributed by atoms with E-state index in [-0.39, 0.29) is 18.7 Å². The van der Waals surface area contributed by atoms with E-state index in [0.29, 0.717) is 10.6 Å². The molecule has 1 N–H and O–H groups in total. The van der Waals surface area contributed by atoms with Gasteiger partial charge >= 0.3 is 0 Å². The molecule has 1 aromatic carbocycles. The van der Waals surface area contributed by atoms with Crippen molar-refractivity contribution in [2.45, 2.75) is 43.5 Å². The van der Waals surface area contributed by atoms with Crippen LogP contribution in [-0.4, -0.2) is 17.9 Å². The minimum Gasteiger partial charge on any atom is -0.352 e. The quantitative estimate of drug-likeness (QED) is 0.769. The topological polar surface area (TPSA) is 29.1 Å². The molecule has 0 aromatic heterocycles. The fourth-order valence-corrected chi connectivity index (χ4v) is 2.77. The Morgan fingerprint density at radius 1 is 1.40 bits per heavy atom. The van der Waals surface area contributed by atoms with Crippen LogP contribution in [0.25, 0.3) is 0 Å². The molecule has 1 atom stereocenters. The molecule has 1 saturated carbocycles. The molecule has 1 aliphatic rings. The van der Waals surface area contributed by atoms with Crippen LogP contribution in [0.5, 0.6) is 0 Å². The molecule has 0 bridgehead atoms. The molecule has 1 unspecified atom stereocenters. The maximum atomic E-state index is 12.6. The van der Waals surface area contributed by atoms with Gasteiger partial charge in [0.1, 0.15) is 4.83 Å². The fraction of sp³-hybridized carbons (Fsp3) is 0.500. The van der Waals surface area contributed by atoms with Gasteiger partial charge in [0, 0.05) is 23.9 Å². The molecule has 112 valence electrons. The van der Waals surface area contributed by atoms with Crippen molar-refractivity contribution in [3.63, 3.8) is 0 Å². The molecule has 6 heteroatoms. The van der Waals surface area contributed by atoms with Crippen molar-refractivity contribution in [3.8, 4) is 0 Å². The Kier molecular flexibility index (Phi) is 6.40. The third kappa shape index (κ3) is 4.42. The van der Waals surface area contributed by atoms with E-state index in [1.54, 1.807) is 24.3 Å². The largest absolute Gasteiger partial charge is 0.352 e. The molecule has 0 spiro atoms. The van der Waals surface area contributed by atoms with Crippen molar-refractivity contribution in [2.24, 2.45) is 0 Å². The van der Waals surface area contributed by atoms with Gasteiger partial charge in [-0.25, -0.2) is 8.78 Å². The maximum absolute atomic E-state index is 12.6. The van der Waals surface area contributed by atoms with Gasteiger partial charge in [-0.15, -0.1) is 0 Å². The fourth-order valence-electron chi connectivity index (χ4n) is 1.86. The van der Waals surface area contributed by atoms with Gasteiger partial charge in [0.2, 0.25) is 5.91 Å². The van der Waals surface area contributed by atoms with Crippen molar-refractivity contribution in [2.75, 3.05) is 0 Å². The summed E-state index contributed by atoms with van der Waals surface area (Å²) in [6.45, 7) is 4.00. The molecule has 0 aliphatic heterocycles. The minimum absolute atomic E-state index is 0.291. The lowest BCUT2D eigenvalue weighted by molar-refractivity contribution is -0.128. The molecule has 1 amide bonds. The first-order valence-electron chi connectivity index (χ1n) is 6.46. The van der Waals surface area contributed by atoms with Gasteiger partial charge in [-0.1, -0.05) is 59.6 Å². The van der Waals surface area contributed by atoms with E-state index in [9.17, 15) is 13.6 Å². The first-order chi connectivity index (χ1) is 9.39. The molecule has 1 aliphatic carbocycles. The van der Waals surface area contributed by atoms with Crippen LogP contribution in [0.1, 0.15) is 37.1 Å². The summed E-state index contributed by atoms with van der Waals surface area (Å²) < 4.78 is 25.3. The molecule has 0 heterocycles. The Hall–Kier alpha value is -0.680. The number of nitrogens with one attached hydrogen (secondary N) is 1. The Balaban J connectivity index is 0.000000956. The predicted octanol–water partition coefficient (Wildman–Crippen LogP) is 4.72. The molecule has 0 saturated heterocycles. The monoisotopic (exact) mass is 367 g/mol. The standard InChI is InChI=1S/C12H11BrClF2NO.C2H6/c13-10(8-3-1-2-4-9(8)14)11(18)17-7-5-12(15,16)6-7;1-2/h1-4,7,10H,5-6H2,(H,17,18);1-2H3. The van der Waals surface area contributed by atoms with E-state index < -0.39 is 16.8 Å². The van der Waals surface area contributed by atoms with Gasteiger partial charge in [0.05, 0.1) is 0 Å². The number of hydrogen-bond acceptors (Lipinski definition) is 1. The van der Waals surface area contributed by atoms with Crippen LogP contribution in [0.2, 0.25) is 5.02 Å². The highest BCUT2D eigenvalue weighted by Gasteiger charge is 2.46. The summed E-state index contributed by atoms with van der Waals surface area (Å²) in [6.07, 6.45) is -0.581. The Morgan fingerprint density at radius 3 is 2.45 bits per heavy atom. The summed E-state index contributed by atoms with van der Waals surface area (Å²) in [5.74, 6) is -2.98. The zero-order chi connectivity index (χ0) is 15.3. The van der Waals surface area contributed by atoms with Crippen LogP contribution in [0.15, 0.2) is 24.3 Å². The van der Waals surface area contributed by atoms with Gasteiger partial charge < -0.3 is 5.32 Å². The van der Waals surface area contributed by atoms with Crippen LogP contribution in [-0.2, 0) is 4.79 Å². The number of hydrogen-bond donors (Lipinski definition) is 1. The summed E-state index contributed by atoms with van der Waals surface area (Å²) in [7, 11) is 0. The summed E-state index contributed by atoms with van der Waals surface area (Å²) in [5.41, 5.74) is 0.628. The van der Waals surface area contributed by atoms with Crippen molar-refractivity contribution < 1.29 is 13.6 Å².